The number of nitrogens with zero attached hydrogens (tertiary/aromatic N) is 3. The number of hydrogen-bond donors (Lipinski definition) is 2. The molecule has 0 aliphatic rings. The summed E-state index contributed by atoms with van der Waals surface area (Å²) in [6.45, 7) is 5.44. The van der Waals surface area contributed by atoms with Crippen molar-refractivity contribution < 1.29 is 23.1 Å². The molecule has 2 heterocycles. The van der Waals surface area contributed by atoms with Gasteiger partial charge in [-0.25, -0.2) is 9.67 Å². The van der Waals surface area contributed by atoms with Crippen molar-refractivity contribution in [1.82, 2.24) is 20.1 Å². The number of nitrogens with one attached hydrogen (secondary N) is 1. The molecule has 6 nitrogen and oxygen atoms in total. The highest BCUT2D eigenvalue weighted by Crippen LogP contribution is 2.34. The smallest absolute Gasteiger partial charge is 0.387 e. The zero-order valence-corrected chi connectivity index (χ0v) is 19.5. The number of pyridine rings is 1. The number of hydrogen-bond acceptors (Lipinski definition) is 4. The summed E-state index contributed by atoms with van der Waals surface area (Å²) in [7, 11) is 0. The number of benzene rings is 2. The fraction of sp³-hybridized carbons (Fsp3) is 0.269. The fourth-order valence-corrected chi connectivity index (χ4v) is 4.02. The van der Waals surface area contributed by atoms with E-state index in [2.05, 4.69) is 10.4 Å². The summed E-state index contributed by atoms with van der Waals surface area (Å²) in [5, 5.41) is 17.9. The first kappa shape index (κ1) is 24.4. The Morgan fingerprint density at radius 3 is 2.49 bits per heavy atom. The van der Waals surface area contributed by atoms with Crippen LogP contribution in [0.5, 0.6) is 0 Å². The first-order valence-electron chi connectivity index (χ1n) is 11.1. The average Bonchev–Trinajstić information content (AvgIpc) is 3.26. The van der Waals surface area contributed by atoms with Gasteiger partial charge in [-0.1, -0.05) is 42.5 Å². The van der Waals surface area contributed by atoms with Crippen molar-refractivity contribution >= 4 is 16.9 Å². The van der Waals surface area contributed by atoms with E-state index >= 15 is 0 Å². The number of aromatic nitrogens is 3. The molecule has 182 valence electrons. The van der Waals surface area contributed by atoms with Crippen molar-refractivity contribution in [1.29, 1.82) is 0 Å². The molecular weight excluding hydrogens is 457 g/mol. The summed E-state index contributed by atoms with van der Waals surface area (Å²) < 4.78 is 41.7. The van der Waals surface area contributed by atoms with Crippen molar-refractivity contribution in [2.24, 2.45) is 0 Å². The van der Waals surface area contributed by atoms with Gasteiger partial charge in [-0.05, 0) is 44.0 Å². The third kappa shape index (κ3) is 4.90. The number of halogens is 3. The molecule has 0 bridgehead atoms. The van der Waals surface area contributed by atoms with Gasteiger partial charge in [-0.2, -0.15) is 18.3 Å². The third-order valence-electron chi connectivity index (χ3n) is 5.80. The molecule has 2 aromatic heterocycles. The van der Waals surface area contributed by atoms with Crippen molar-refractivity contribution in [2.45, 2.75) is 39.1 Å². The molecule has 1 amide bonds. The summed E-state index contributed by atoms with van der Waals surface area (Å²) in [5.41, 5.74) is 1.96. The fourth-order valence-electron chi connectivity index (χ4n) is 4.02. The van der Waals surface area contributed by atoms with Crippen molar-refractivity contribution in [3.05, 3.63) is 83.0 Å². The maximum atomic E-state index is 13.3. The highest BCUT2D eigenvalue weighted by atomic mass is 19.4. The zero-order valence-electron chi connectivity index (χ0n) is 19.5. The van der Waals surface area contributed by atoms with E-state index in [-0.39, 0.29) is 17.2 Å². The minimum Gasteiger partial charge on any atom is -0.387 e. The second kappa shape index (κ2) is 9.50. The van der Waals surface area contributed by atoms with Crippen LogP contribution in [-0.4, -0.2) is 32.3 Å². The maximum Gasteiger partial charge on any atom is 0.416 e. The number of rotatable bonds is 6. The molecule has 2 aromatic carbocycles. The monoisotopic (exact) mass is 482 g/mol. The third-order valence-corrected chi connectivity index (χ3v) is 5.80. The Morgan fingerprint density at radius 1 is 1.11 bits per heavy atom. The molecule has 0 saturated carbocycles. The number of carbonyl (C=O) groups excluding carboxylic acids is 1. The number of alkyl halides is 3. The molecule has 0 radical (unpaired) electrons. The van der Waals surface area contributed by atoms with Crippen molar-refractivity contribution in [3.63, 3.8) is 0 Å². The van der Waals surface area contributed by atoms with Crippen LogP contribution in [0.1, 0.15) is 53.0 Å². The molecule has 35 heavy (non-hydrogen) atoms. The minimum atomic E-state index is -4.62. The van der Waals surface area contributed by atoms with E-state index in [0.29, 0.717) is 16.7 Å². The molecular formula is C26H25F3N4O2. The number of amides is 1. The Bertz CT molecular complexity index is 1380. The van der Waals surface area contributed by atoms with Gasteiger partial charge in [0.2, 0.25) is 0 Å². The number of aliphatic hydroxyl groups excluding tert-OH is 1. The molecule has 0 aliphatic carbocycles. The standard InChI is InChI=1S/C26H25F3N4O2/c1-15(2)33-24-20(13-31-33)19(12-22(32-24)17-9-5-4-8-16(17)3)25(35)30-14-23(34)18-10-6-7-11-21(18)26(27,28)29/h4-13,15,23,34H,14H2,1-3H3,(H,30,35). The predicted molar refractivity (Wildman–Crippen MR) is 127 cm³/mol. The summed E-state index contributed by atoms with van der Waals surface area (Å²) in [6.07, 6.45) is -4.61. The van der Waals surface area contributed by atoms with Gasteiger partial charge in [0.15, 0.2) is 5.65 Å². The van der Waals surface area contributed by atoms with E-state index < -0.39 is 30.3 Å². The topological polar surface area (TPSA) is 80.0 Å². The van der Waals surface area contributed by atoms with Crippen molar-refractivity contribution in [3.8, 4) is 11.3 Å². The molecule has 0 fully saturated rings. The summed E-state index contributed by atoms with van der Waals surface area (Å²) >= 11 is 0. The molecule has 9 heteroatoms. The molecule has 0 aliphatic heterocycles. The molecule has 4 rings (SSSR count). The Kier molecular flexibility index (Phi) is 6.62. The number of aliphatic hydroxyl groups is 1. The van der Waals surface area contributed by atoms with Gasteiger partial charge in [-0.15, -0.1) is 0 Å². The highest BCUT2D eigenvalue weighted by Gasteiger charge is 2.34. The predicted octanol–water partition coefficient (Wildman–Crippen LogP) is 5.47. The first-order chi connectivity index (χ1) is 16.6. The SMILES string of the molecule is Cc1ccccc1-c1cc(C(=O)NCC(O)c2ccccc2C(F)(F)F)c2cnn(C(C)C)c2n1. The van der Waals surface area contributed by atoms with Gasteiger partial charge in [0.1, 0.15) is 0 Å². The summed E-state index contributed by atoms with van der Waals surface area (Å²) in [4.78, 5) is 18.0. The molecule has 1 unspecified atom stereocenters. The van der Waals surface area contributed by atoms with E-state index in [1.165, 1.54) is 18.2 Å². The van der Waals surface area contributed by atoms with Crippen LogP contribution in [0.15, 0.2) is 60.8 Å². The van der Waals surface area contributed by atoms with Gasteiger partial charge in [0, 0.05) is 18.2 Å². The number of aryl methyl sites for hydroxylation is 1. The lowest BCUT2D eigenvalue weighted by Gasteiger charge is -2.18. The van der Waals surface area contributed by atoms with Gasteiger partial charge in [0.25, 0.3) is 5.91 Å². The molecule has 0 saturated heterocycles. The highest BCUT2D eigenvalue weighted by molar-refractivity contribution is 6.06. The second-order valence-corrected chi connectivity index (χ2v) is 8.60. The summed E-state index contributed by atoms with van der Waals surface area (Å²) in [5.74, 6) is -0.543. The second-order valence-electron chi connectivity index (χ2n) is 8.60. The van der Waals surface area contributed by atoms with Gasteiger partial charge in [0.05, 0.1) is 34.5 Å². The van der Waals surface area contributed by atoms with Crippen LogP contribution in [-0.2, 0) is 6.18 Å². The Balaban J connectivity index is 1.69. The van der Waals surface area contributed by atoms with Crippen LogP contribution >= 0.6 is 0 Å². The Labute approximate surface area is 200 Å². The van der Waals surface area contributed by atoms with E-state index in [1.807, 2.05) is 45.0 Å². The summed E-state index contributed by atoms with van der Waals surface area (Å²) in [6, 6.07) is 14.0. The first-order valence-corrected chi connectivity index (χ1v) is 11.1. The van der Waals surface area contributed by atoms with E-state index in [9.17, 15) is 23.1 Å². The van der Waals surface area contributed by atoms with Crippen LogP contribution in [0, 0.1) is 6.92 Å². The number of fused-ring (bicyclic) bond motifs is 1. The lowest BCUT2D eigenvalue weighted by molar-refractivity contribution is -0.139. The zero-order chi connectivity index (χ0) is 25.3. The molecule has 0 spiro atoms. The largest absolute Gasteiger partial charge is 0.416 e. The quantitative estimate of drug-likeness (QED) is 0.382. The van der Waals surface area contributed by atoms with Crippen molar-refractivity contribution in [2.75, 3.05) is 6.54 Å². The van der Waals surface area contributed by atoms with Crippen LogP contribution in [0.4, 0.5) is 13.2 Å². The minimum absolute atomic E-state index is 0.0104. The Hall–Kier alpha value is -3.72. The van der Waals surface area contributed by atoms with Crippen LogP contribution in [0.2, 0.25) is 0 Å². The van der Waals surface area contributed by atoms with E-state index in [0.717, 1.165) is 17.2 Å². The van der Waals surface area contributed by atoms with Gasteiger partial charge < -0.3 is 10.4 Å². The van der Waals surface area contributed by atoms with Crippen LogP contribution in [0.25, 0.3) is 22.3 Å². The Morgan fingerprint density at radius 2 is 1.80 bits per heavy atom. The lowest BCUT2D eigenvalue weighted by atomic mass is 10.0. The molecule has 4 aromatic rings. The average molecular weight is 483 g/mol. The normalized spacial score (nSPS) is 12.8. The van der Waals surface area contributed by atoms with Crippen LogP contribution < -0.4 is 5.32 Å². The number of carbonyl (C=O) groups is 1. The lowest BCUT2D eigenvalue weighted by Crippen LogP contribution is -2.29. The van der Waals surface area contributed by atoms with E-state index in [1.54, 1.807) is 16.9 Å². The molecule has 2 N–H and O–H groups in total. The maximum absolute atomic E-state index is 13.3. The van der Waals surface area contributed by atoms with E-state index in [4.69, 9.17) is 4.98 Å². The van der Waals surface area contributed by atoms with Crippen LogP contribution in [0.3, 0.4) is 0 Å². The molecule has 1 atom stereocenters. The van der Waals surface area contributed by atoms with Gasteiger partial charge in [-0.3, -0.25) is 4.79 Å². The van der Waals surface area contributed by atoms with Gasteiger partial charge >= 0.3 is 6.18 Å².